The normalized spacial score (nSPS) is 17.0. The lowest BCUT2D eigenvalue weighted by Gasteiger charge is -2.22. The number of hydrogen-bond acceptors (Lipinski definition) is 2. The minimum absolute atomic E-state index is 0.617. The monoisotopic (exact) mass is 277 g/mol. The molecule has 0 atom stereocenters. The molecule has 114 valence electrons. The van der Waals surface area contributed by atoms with E-state index in [-0.39, 0.29) is 0 Å². The highest BCUT2D eigenvalue weighted by Gasteiger charge is 2.24. The molecule has 1 aromatic heterocycles. The van der Waals surface area contributed by atoms with Crippen LogP contribution < -0.4 is 5.73 Å². The summed E-state index contributed by atoms with van der Waals surface area (Å²) in [5.74, 6) is 3.48. The van der Waals surface area contributed by atoms with Crippen LogP contribution in [0.15, 0.2) is 0 Å². The van der Waals surface area contributed by atoms with Gasteiger partial charge in [0.05, 0.1) is 5.69 Å². The van der Waals surface area contributed by atoms with Crippen molar-refractivity contribution in [2.45, 2.75) is 84.6 Å². The van der Waals surface area contributed by atoms with Gasteiger partial charge in [-0.2, -0.15) is 0 Å². The van der Waals surface area contributed by atoms with Gasteiger partial charge in [0.1, 0.15) is 11.6 Å². The van der Waals surface area contributed by atoms with Gasteiger partial charge in [-0.15, -0.1) is 0 Å². The van der Waals surface area contributed by atoms with Crippen LogP contribution in [0.25, 0.3) is 0 Å². The second-order valence-corrected chi connectivity index (χ2v) is 6.74. The van der Waals surface area contributed by atoms with E-state index >= 15 is 0 Å². The minimum Gasteiger partial charge on any atom is -0.384 e. The third kappa shape index (κ3) is 3.56. The number of rotatable bonds is 6. The Balaban J connectivity index is 2.26. The predicted molar refractivity (Wildman–Crippen MR) is 85.9 cm³/mol. The standard InChI is InChI=1S/C17H31N3/c1-4-5-11-20-16(18)15(12-13(2)3)19-17(20)14-9-7-6-8-10-14/h13-14H,4-12,18H2,1-3H3. The topological polar surface area (TPSA) is 43.8 Å². The number of anilines is 1. The van der Waals surface area contributed by atoms with Gasteiger partial charge in [-0.25, -0.2) is 4.98 Å². The third-order valence-corrected chi connectivity index (χ3v) is 4.42. The van der Waals surface area contributed by atoms with Crippen LogP contribution in [0.4, 0.5) is 5.82 Å². The Morgan fingerprint density at radius 1 is 1.25 bits per heavy atom. The Labute approximate surface area is 124 Å². The van der Waals surface area contributed by atoms with Crippen LogP contribution in [-0.4, -0.2) is 9.55 Å². The summed E-state index contributed by atoms with van der Waals surface area (Å²) in [6, 6.07) is 0. The molecule has 0 amide bonds. The van der Waals surface area contributed by atoms with Gasteiger partial charge in [0.2, 0.25) is 0 Å². The molecule has 1 fully saturated rings. The van der Waals surface area contributed by atoms with E-state index in [1.165, 1.54) is 50.8 Å². The zero-order chi connectivity index (χ0) is 14.5. The summed E-state index contributed by atoms with van der Waals surface area (Å²) in [6.45, 7) is 7.76. The summed E-state index contributed by atoms with van der Waals surface area (Å²) in [7, 11) is 0. The molecule has 0 bridgehead atoms. The molecule has 0 aromatic carbocycles. The average Bonchev–Trinajstić information content (AvgIpc) is 2.74. The summed E-state index contributed by atoms with van der Waals surface area (Å²) in [4.78, 5) is 4.96. The third-order valence-electron chi connectivity index (χ3n) is 4.42. The van der Waals surface area contributed by atoms with Gasteiger partial charge in [-0.3, -0.25) is 0 Å². The fourth-order valence-electron chi connectivity index (χ4n) is 3.30. The van der Waals surface area contributed by atoms with E-state index in [9.17, 15) is 0 Å². The molecule has 1 aromatic rings. The predicted octanol–water partition coefficient (Wildman–Crippen LogP) is 4.51. The lowest BCUT2D eigenvalue weighted by molar-refractivity contribution is 0.413. The lowest BCUT2D eigenvalue weighted by atomic mass is 9.88. The highest BCUT2D eigenvalue weighted by Crippen LogP contribution is 2.34. The Bertz CT molecular complexity index is 414. The van der Waals surface area contributed by atoms with Crippen molar-refractivity contribution in [3.05, 3.63) is 11.5 Å². The van der Waals surface area contributed by atoms with Gasteiger partial charge in [0.25, 0.3) is 0 Å². The van der Waals surface area contributed by atoms with E-state index < -0.39 is 0 Å². The molecule has 0 unspecified atom stereocenters. The van der Waals surface area contributed by atoms with Gasteiger partial charge in [0.15, 0.2) is 0 Å². The SMILES string of the molecule is CCCCn1c(C2CCCCC2)nc(CC(C)C)c1N. The number of imidazole rings is 1. The van der Waals surface area contributed by atoms with E-state index in [4.69, 9.17) is 10.7 Å². The van der Waals surface area contributed by atoms with Crippen molar-refractivity contribution in [3.63, 3.8) is 0 Å². The highest BCUT2D eigenvalue weighted by molar-refractivity contribution is 5.39. The number of nitrogen functional groups attached to an aromatic ring is 1. The van der Waals surface area contributed by atoms with Crippen LogP contribution in [0.1, 0.15) is 83.2 Å². The molecule has 0 aliphatic heterocycles. The highest BCUT2D eigenvalue weighted by atomic mass is 15.1. The maximum atomic E-state index is 6.40. The van der Waals surface area contributed by atoms with Gasteiger partial charge < -0.3 is 10.3 Å². The molecule has 1 heterocycles. The van der Waals surface area contributed by atoms with E-state index in [0.717, 1.165) is 24.5 Å². The van der Waals surface area contributed by atoms with E-state index in [1.54, 1.807) is 0 Å². The molecule has 0 radical (unpaired) electrons. The Kier molecular flexibility index (Phi) is 5.50. The fraction of sp³-hybridized carbons (Fsp3) is 0.824. The maximum absolute atomic E-state index is 6.40. The molecule has 0 saturated heterocycles. The molecule has 3 nitrogen and oxygen atoms in total. The first-order valence-electron chi connectivity index (χ1n) is 8.48. The summed E-state index contributed by atoms with van der Waals surface area (Å²) < 4.78 is 2.33. The van der Waals surface area contributed by atoms with Crippen molar-refractivity contribution < 1.29 is 0 Å². The largest absolute Gasteiger partial charge is 0.384 e. The molecule has 2 N–H and O–H groups in total. The Hall–Kier alpha value is -0.990. The summed E-state index contributed by atoms with van der Waals surface area (Å²) in [5.41, 5.74) is 7.54. The first kappa shape index (κ1) is 15.4. The number of nitrogens with two attached hydrogens (primary N) is 1. The van der Waals surface area contributed by atoms with Crippen LogP contribution in [-0.2, 0) is 13.0 Å². The first-order valence-corrected chi connectivity index (χ1v) is 8.48. The molecule has 1 aliphatic rings. The van der Waals surface area contributed by atoms with E-state index in [2.05, 4.69) is 25.3 Å². The smallest absolute Gasteiger partial charge is 0.126 e. The Morgan fingerprint density at radius 3 is 2.55 bits per heavy atom. The van der Waals surface area contributed by atoms with Gasteiger partial charge in [0, 0.05) is 12.5 Å². The number of nitrogens with zero attached hydrogens (tertiary/aromatic N) is 2. The summed E-state index contributed by atoms with van der Waals surface area (Å²) >= 11 is 0. The quantitative estimate of drug-likeness (QED) is 0.831. The number of aromatic nitrogens is 2. The van der Waals surface area contributed by atoms with Crippen LogP contribution in [0.5, 0.6) is 0 Å². The van der Waals surface area contributed by atoms with Crippen LogP contribution in [0.2, 0.25) is 0 Å². The van der Waals surface area contributed by atoms with Gasteiger partial charge in [-0.05, 0) is 31.6 Å². The summed E-state index contributed by atoms with van der Waals surface area (Å²) in [5, 5.41) is 0. The molecule has 1 saturated carbocycles. The van der Waals surface area contributed by atoms with Gasteiger partial charge >= 0.3 is 0 Å². The van der Waals surface area contributed by atoms with Crippen molar-refractivity contribution in [3.8, 4) is 0 Å². The Morgan fingerprint density at radius 2 is 1.95 bits per heavy atom. The van der Waals surface area contributed by atoms with Crippen molar-refractivity contribution in [1.82, 2.24) is 9.55 Å². The number of hydrogen-bond donors (Lipinski definition) is 1. The van der Waals surface area contributed by atoms with Crippen molar-refractivity contribution in [2.24, 2.45) is 5.92 Å². The van der Waals surface area contributed by atoms with E-state index in [1.807, 2.05) is 0 Å². The molecule has 1 aliphatic carbocycles. The molecular formula is C17H31N3. The fourth-order valence-corrected chi connectivity index (χ4v) is 3.30. The zero-order valence-corrected chi connectivity index (χ0v) is 13.5. The first-order chi connectivity index (χ1) is 9.63. The molecule has 20 heavy (non-hydrogen) atoms. The second-order valence-electron chi connectivity index (χ2n) is 6.74. The number of unbranched alkanes of at least 4 members (excludes halogenated alkanes) is 1. The van der Waals surface area contributed by atoms with Crippen molar-refractivity contribution in [2.75, 3.05) is 5.73 Å². The zero-order valence-electron chi connectivity index (χ0n) is 13.5. The van der Waals surface area contributed by atoms with Crippen LogP contribution >= 0.6 is 0 Å². The maximum Gasteiger partial charge on any atom is 0.126 e. The second kappa shape index (κ2) is 7.14. The van der Waals surface area contributed by atoms with Gasteiger partial charge in [-0.1, -0.05) is 46.5 Å². The van der Waals surface area contributed by atoms with Crippen LogP contribution in [0, 0.1) is 5.92 Å². The molecule has 2 rings (SSSR count). The molecular weight excluding hydrogens is 246 g/mol. The van der Waals surface area contributed by atoms with Crippen LogP contribution in [0.3, 0.4) is 0 Å². The summed E-state index contributed by atoms with van der Waals surface area (Å²) in [6.07, 6.45) is 10.1. The molecule has 0 spiro atoms. The minimum atomic E-state index is 0.617. The van der Waals surface area contributed by atoms with E-state index in [0.29, 0.717) is 11.8 Å². The van der Waals surface area contributed by atoms with Crippen molar-refractivity contribution in [1.29, 1.82) is 0 Å². The average molecular weight is 277 g/mol. The van der Waals surface area contributed by atoms with Crippen molar-refractivity contribution >= 4 is 5.82 Å². The lowest BCUT2D eigenvalue weighted by Crippen LogP contribution is -2.14. The molecule has 3 heteroatoms.